The van der Waals surface area contributed by atoms with E-state index in [1.165, 1.54) is 13.8 Å². The second-order valence-corrected chi connectivity index (χ2v) is 6.17. The van der Waals surface area contributed by atoms with Crippen LogP contribution in [-0.2, 0) is 47.7 Å². The van der Waals surface area contributed by atoms with Gasteiger partial charge in [-0.05, 0) is 6.92 Å². The first-order chi connectivity index (χ1) is 12.5. The number of carbonyl (C=O) groups excluding carboxylic acids is 5. The Morgan fingerprint density at radius 3 is 1.70 bits per heavy atom. The smallest absolute Gasteiger partial charge is 0.304 e. The molecule has 152 valence electrons. The SMILES string of the molecule is CC(=O)C[C@H]1[C@H](OC(C)=O)O[C@H](COC(C)=O)[C@H](OC(C)=O)[C@@H]1OC(C)=O. The van der Waals surface area contributed by atoms with Crippen molar-refractivity contribution in [3.8, 4) is 0 Å². The molecule has 1 saturated heterocycles. The molecule has 1 heterocycles. The highest BCUT2D eigenvalue weighted by molar-refractivity contribution is 5.76. The van der Waals surface area contributed by atoms with E-state index in [1.54, 1.807) is 0 Å². The summed E-state index contributed by atoms with van der Waals surface area (Å²) < 4.78 is 26.2. The predicted molar refractivity (Wildman–Crippen MR) is 87.0 cm³/mol. The average Bonchev–Trinajstić information content (AvgIpc) is 2.49. The Bertz CT molecular complexity index is 599. The normalized spacial score (nSPS) is 27.2. The molecular formula is C17H24O10. The molecule has 1 aliphatic heterocycles. The van der Waals surface area contributed by atoms with E-state index in [-0.39, 0.29) is 18.8 Å². The summed E-state index contributed by atoms with van der Waals surface area (Å²) in [4.78, 5) is 57.4. The van der Waals surface area contributed by atoms with Gasteiger partial charge in [0.1, 0.15) is 18.5 Å². The van der Waals surface area contributed by atoms with Crippen molar-refractivity contribution in [2.45, 2.75) is 65.6 Å². The van der Waals surface area contributed by atoms with E-state index in [0.29, 0.717) is 0 Å². The van der Waals surface area contributed by atoms with Crippen molar-refractivity contribution in [1.29, 1.82) is 0 Å². The Kier molecular flexibility index (Phi) is 8.35. The van der Waals surface area contributed by atoms with Crippen LogP contribution in [0.15, 0.2) is 0 Å². The predicted octanol–water partition coefficient (Wildman–Crippen LogP) is 0.296. The van der Waals surface area contributed by atoms with Gasteiger partial charge in [-0.15, -0.1) is 0 Å². The van der Waals surface area contributed by atoms with Gasteiger partial charge in [-0.2, -0.15) is 0 Å². The third-order valence-electron chi connectivity index (χ3n) is 3.63. The van der Waals surface area contributed by atoms with Crippen LogP contribution in [-0.4, -0.2) is 60.9 Å². The summed E-state index contributed by atoms with van der Waals surface area (Å²) in [5.74, 6) is -3.88. The minimum atomic E-state index is -1.26. The second-order valence-electron chi connectivity index (χ2n) is 6.17. The molecule has 0 amide bonds. The fraction of sp³-hybridized carbons (Fsp3) is 0.706. The monoisotopic (exact) mass is 388 g/mol. The maximum Gasteiger partial charge on any atom is 0.304 e. The van der Waals surface area contributed by atoms with Gasteiger partial charge < -0.3 is 28.5 Å². The molecule has 0 N–H and O–H groups in total. The zero-order valence-corrected chi connectivity index (χ0v) is 15.9. The lowest BCUT2D eigenvalue weighted by molar-refractivity contribution is -0.283. The largest absolute Gasteiger partial charge is 0.463 e. The van der Waals surface area contributed by atoms with Crippen molar-refractivity contribution in [3.05, 3.63) is 0 Å². The van der Waals surface area contributed by atoms with Crippen LogP contribution >= 0.6 is 0 Å². The van der Waals surface area contributed by atoms with Gasteiger partial charge in [-0.1, -0.05) is 0 Å². The molecular weight excluding hydrogens is 364 g/mol. The molecule has 0 spiro atoms. The van der Waals surface area contributed by atoms with Crippen LogP contribution in [0.3, 0.4) is 0 Å². The van der Waals surface area contributed by atoms with Gasteiger partial charge in [-0.25, -0.2) is 0 Å². The number of carbonyl (C=O) groups is 5. The average molecular weight is 388 g/mol. The maximum absolute atomic E-state index is 11.7. The molecule has 27 heavy (non-hydrogen) atoms. The van der Waals surface area contributed by atoms with Gasteiger partial charge >= 0.3 is 23.9 Å². The topological polar surface area (TPSA) is 132 Å². The molecule has 0 aromatic heterocycles. The van der Waals surface area contributed by atoms with Crippen molar-refractivity contribution in [3.63, 3.8) is 0 Å². The maximum atomic E-state index is 11.7. The molecule has 5 atom stereocenters. The van der Waals surface area contributed by atoms with Crippen molar-refractivity contribution in [2.24, 2.45) is 5.92 Å². The van der Waals surface area contributed by atoms with Crippen LogP contribution in [0.4, 0.5) is 0 Å². The molecule has 0 saturated carbocycles. The molecule has 10 nitrogen and oxygen atoms in total. The van der Waals surface area contributed by atoms with Gasteiger partial charge in [-0.3, -0.25) is 19.2 Å². The highest BCUT2D eigenvalue weighted by atomic mass is 16.7. The van der Waals surface area contributed by atoms with E-state index in [0.717, 1.165) is 20.8 Å². The number of ketones is 1. The van der Waals surface area contributed by atoms with Gasteiger partial charge in [0, 0.05) is 34.1 Å². The highest BCUT2D eigenvalue weighted by Gasteiger charge is 2.51. The zero-order valence-electron chi connectivity index (χ0n) is 15.9. The number of Topliss-reactive ketones (excluding diaryl/α,β-unsaturated/α-hetero) is 1. The Balaban J connectivity index is 3.29. The van der Waals surface area contributed by atoms with E-state index in [1.807, 2.05) is 0 Å². The fourth-order valence-electron chi connectivity index (χ4n) is 2.80. The molecule has 0 radical (unpaired) electrons. The Hall–Kier alpha value is -2.49. The third kappa shape index (κ3) is 7.33. The summed E-state index contributed by atoms with van der Waals surface area (Å²) in [5, 5.41) is 0. The van der Waals surface area contributed by atoms with Gasteiger partial charge in [0.15, 0.2) is 12.2 Å². The first kappa shape index (κ1) is 22.6. The molecule has 1 fully saturated rings. The van der Waals surface area contributed by atoms with E-state index in [4.69, 9.17) is 23.7 Å². The third-order valence-corrected chi connectivity index (χ3v) is 3.63. The van der Waals surface area contributed by atoms with Gasteiger partial charge in [0.2, 0.25) is 6.29 Å². The van der Waals surface area contributed by atoms with E-state index < -0.39 is 54.4 Å². The lowest BCUT2D eigenvalue weighted by atomic mass is 9.86. The van der Waals surface area contributed by atoms with Crippen LogP contribution in [0.2, 0.25) is 0 Å². The summed E-state index contributed by atoms with van der Waals surface area (Å²) in [6.45, 7) is 5.58. The molecule has 10 heteroatoms. The van der Waals surface area contributed by atoms with Crippen LogP contribution in [0.1, 0.15) is 41.0 Å². The number of esters is 4. The van der Waals surface area contributed by atoms with Crippen molar-refractivity contribution < 1.29 is 47.7 Å². The first-order valence-corrected chi connectivity index (χ1v) is 8.31. The van der Waals surface area contributed by atoms with Crippen LogP contribution in [0.25, 0.3) is 0 Å². The second kappa shape index (κ2) is 10.0. The van der Waals surface area contributed by atoms with Crippen LogP contribution in [0, 0.1) is 5.92 Å². The quantitative estimate of drug-likeness (QED) is 0.443. The van der Waals surface area contributed by atoms with Crippen LogP contribution in [0.5, 0.6) is 0 Å². The standard InChI is InChI=1S/C17H24O10/c1-8(18)6-13-15(24-10(3)20)16(25-11(4)21)14(7-23-9(2)19)27-17(13)26-12(5)22/h13-17H,6-7H2,1-5H3/t13-,14-,15-,16+,17-/m1/s1. The minimum Gasteiger partial charge on any atom is -0.463 e. The summed E-state index contributed by atoms with van der Waals surface area (Å²) in [6.07, 6.45) is -4.80. The Morgan fingerprint density at radius 1 is 0.741 bits per heavy atom. The van der Waals surface area contributed by atoms with Crippen LogP contribution < -0.4 is 0 Å². The molecule has 1 aliphatic rings. The number of ether oxygens (including phenoxy) is 5. The van der Waals surface area contributed by atoms with Crippen molar-refractivity contribution in [1.82, 2.24) is 0 Å². The van der Waals surface area contributed by atoms with Crippen molar-refractivity contribution in [2.75, 3.05) is 6.61 Å². The fourth-order valence-corrected chi connectivity index (χ4v) is 2.80. The summed E-state index contributed by atoms with van der Waals surface area (Å²) in [7, 11) is 0. The lowest BCUT2D eigenvalue weighted by Crippen LogP contribution is -2.59. The van der Waals surface area contributed by atoms with E-state index in [9.17, 15) is 24.0 Å². The molecule has 0 bridgehead atoms. The number of hydrogen-bond acceptors (Lipinski definition) is 10. The summed E-state index contributed by atoms with van der Waals surface area (Å²) in [5.41, 5.74) is 0. The summed E-state index contributed by atoms with van der Waals surface area (Å²) in [6, 6.07) is 0. The van der Waals surface area contributed by atoms with E-state index in [2.05, 4.69) is 0 Å². The highest BCUT2D eigenvalue weighted by Crippen LogP contribution is 2.34. The molecule has 0 aliphatic carbocycles. The lowest BCUT2D eigenvalue weighted by Gasteiger charge is -2.44. The Morgan fingerprint density at radius 2 is 1.26 bits per heavy atom. The molecule has 0 aromatic rings. The first-order valence-electron chi connectivity index (χ1n) is 8.31. The van der Waals surface area contributed by atoms with Crippen molar-refractivity contribution >= 4 is 29.7 Å². The summed E-state index contributed by atoms with van der Waals surface area (Å²) >= 11 is 0. The molecule has 0 aromatic carbocycles. The number of hydrogen-bond donors (Lipinski definition) is 0. The molecule has 0 unspecified atom stereocenters. The molecule has 1 rings (SSSR count). The van der Waals surface area contributed by atoms with Gasteiger partial charge in [0.25, 0.3) is 0 Å². The van der Waals surface area contributed by atoms with Gasteiger partial charge in [0.05, 0.1) is 5.92 Å². The zero-order chi connectivity index (χ0) is 20.7. The Labute approximate surface area is 156 Å². The number of rotatable bonds is 7. The van der Waals surface area contributed by atoms with E-state index >= 15 is 0 Å². The minimum absolute atomic E-state index is 0.159.